The highest BCUT2D eigenvalue weighted by atomic mass is 16.5. The van der Waals surface area contributed by atoms with Crippen LogP contribution in [0.15, 0.2) is 48.9 Å². The third-order valence-electron chi connectivity index (χ3n) is 5.87. The van der Waals surface area contributed by atoms with Crippen LogP contribution >= 0.6 is 0 Å². The number of nitrogens with one attached hydrogen (secondary N) is 3. The number of carbonyl (C=O) groups excluding carboxylic acids is 1. The van der Waals surface area contributed by atoms with Crippen molar-refractivity contribution in [2.24, 2.45) is 0 Å². The van der Waals surface area contributed by atoms with Crippen LogP contribution in [0.1, 0.15) is 36.9 Å². The zero-order valence-corrected chi connectivity index (χ0v) is 20.5. The van der Waals surface area contributed by atoms with Crippen molar-refractivity contribution in [3.63, 3.8) is 0 Å². The molecule has 3 aromatic heterocycles. The van der Waals surface area contributed by atoms with Crippen molar-refractivity contribution in [1.82, 2.24) is 25.3 Å². The van der Waals surface area contributed by atoms with Gasteiger partial charge in [-0.2, -0.15) is 0 Å². The number of anilines is 4. The largest absolute Gasteiger partial charge is 0.494 e. The molecule has 1 aliphatic rings. The fraction of sp³-hybridized carbons (Fsp3) is 0.222. The Hall–Kier alpha value is -4.57. The Labute approximate surface area is 218 Å². The summed E-state index contributed by atoms with van der Waals surface area (Å²) in [6.07, 6.45) is 4.73. The van der Waals surface area contributed by atoms with Crippen LogP contribution in [0.25, 0.3) is 11.4 Å². The van der Waals surface area contributed by atoms with Crippen LogP contribution in [-0.4, -0.2) is 39.9 Å². The van der Waals surface area contributed by atoms with E-state index in [2.05, 4.69) is 30.6 Å². The van der Waals surface area contributed by atoms with Crippen LogP contribution in [0.5, 0.6) is 5.75 Å². The SMILES string of the molecule is [2H]C([2H])([2H])NC(=O)c1cnc2cc1Nc1cc(cc(-c3ncc(C)cn3)c1OC)COCc1nc(ccc1C)N2. The Morgan fingerprint density at radius 2 is 1.86 bits per heavy atom. The van der Waals surface area contributed by atoms with E-state index in [9.17, 15) is 4.79 Å². The number of fused-ring (bicyclic) bond motifs is 6. The molecule has 1 amide bonds. The monoisotopic (exact) mass is 500 g/mol. The lowest BCUT2D eigenvalue weighted by molar-refractivity contribution is 0.0963. The molecule has 4 aromatic rings. The van der Waals surface area contributed by atoms with Crippen LogP contribution < -0.4 is 20.7 Å². The van der Waals surface area contributed by atoms with Crippen LogP contribution in [0.4, 0.5) is 23.0 Å². The molecule has 0 unspecified atom stereocenters. The molecule has 5 rings (SSSR count). The zero-order valence-electron chi connectivity index (χ0n) is 23.5. The topological polar surface area (TPSA) is 123 Å². The maximum absolute atomic E-state index is 13.0. The first-order valence-corrected chi connectivity index (χ1v) is 11.5. The molecule has 0 spiro atoms. The van der Waals surface area contributed by atoms with Crippen molar-refractivity contribution in [2.75, 3.05) is 24.7 Å². The lowest BCUT2D eigenvalue weighted by Crippen LogP contribution is -2.20. The van der Waals surface area contributed by atoms with Gasteiger partial charge in [0.15, 0.2) is 11.6 Å². The Morgan fingerprint density at radius 1 is 1.03 bits per heavy atom. The predicted molar refractivity (Wildman–Crippen MR) is 140 cm³/mol. The molecule has 0 saturated carbocycles. The number of ether oxygens (including phenoxy) is 2. The fourth-order valence-electron chi connectivity index (χ4n) is 3.99. The van der Waals surface area contributed by atoms with E-state index in [1.54, 1.807) is 18.5 Å². The van der Waals surface area contributed by atoms with Gasteiger partial charge >= 0.3 is 0 Å². The molecule has 3 N–H and O–H groups in total. The number of rotatable bonds is 3. The van der Waals surface area contributed by atoms with Gasteiger partial charge in [0.2, 0.25) is 0 Å². The first-order valence-electron chi connectivity index (χ1n) is 13.0. The zero-order chi connectivity index (χ0) is 28.4. The van der Waals surface area contributed by atoms with Gasteiger partial charge in [0, 0.05) is 35.7 Å². The van der Waals surface area contributed by atoms with Gasteiger partial charge in [-0.25, -0.2) is 19.9 Å². The fourth-order valence-corrected chi connectivity index (χ4v) is 3.99. The minimum atomic E-state index is -2.69. The third kappa shape index (κ3) is 5.05. The Bertz CT molecular complexity index is 1580. The van der Waals surface area contributed by atoms with Gasteiger partial charge in [0.25, 0.3) is 5.91 Å². The molecule has 10 heteroatoms. The summed E-state index contributed by atoms with van der Waals surface area (Å²) in [6.45, 7) is 1.68. The van der Waals surface area contributed by atoms with Crippen molar-refractivity contribution >= 4 is 28.9 Å². The number of hydrogen-bond donors (Lipinski definition) is 3. The first kappa shape index (κ1) is 20.6. The summed E-state index contributed by atoms with van der Waals surface area (Å²) in [7, 11) is 1.52. The summed E-state index contributed by atoms with van der Waals surface area (Å²) in [5.74, 6) is 0.964. The van der Waals surface area contributed by atoms with E-state index >= 15 is 0 Å². The minimum Gasteiger partial charge on any atom is -0.494 e. The number of aromatic nitrogens is 4. The molecule has 1 aromatic carbocycles. The maximum Gasteiger partial charge on any atom is 0.254 e. The quantitative estimate of drug-likeness (QED) is 0.375. The third-order valence-corrected chi connectivity index (χ3v) is 5.87. The molecule has 10 nitrogen and oxygen atoms in total. The number of hydrogen-bond acceptors (Lipinski definition) is 9. The Morgan fingerprint density at radius 3 is 2.65 bits per heavy atom. The number of methoxy groups -OCH3 is 1. The molecule has 0 radical (unpaired) electrons. The smallest absolute Gasteiger partial charge is 0.254 e. The van der Waals surface area contributed by atoms with Crippen molar-refractivity contribution in [1.29, 1.82) is 0 Å². The average Bonchev–Trinajstić information content (AvgIpc) is 2.89. The van der Waals surface area contributed by atoms with E-state index in [-0.39, 0.29) is 24.5 Å². The van der Waals surface area contributed by atoms with Crippen LogP contribution in [0.2, 0.25) is 0 Å². The molecule has 0 saturated heterocycles. The van der Waals surface area contributed by atoms with Gasteiger partial charge in [-0.05, 0) is 48.7 Å². The molecule has 0 aliphatic carbocycles. The molecular weight excluding hydrogens is 470 g/mol. The second-order valence-corrected chi connectivity index (χ2v) is 8.58. The summed E-state index contributed by atoms with van der Waals surface area (Å²) in [4.78, 5) is 30.9. The number of carbonyl (C=O) groups is 1. The highest BCUT2D eigenvalue weighted by Crippen LogP contribution is 2.39. The van der Waals surface area contributed by atoms with E-state index < -0.39 is 12.9 Å². The molecular formula is C27H27N7O3. The van der Waals surface area contributed by atoms with Crippen molar-refractivity contribution in [3.05, 3.63) is 76.9 Å². The van der Waals surface area contributed by atoms with Crippen LogP contribution in [0, 0.1) is 13.8 Å². The van der Waals surface area contributed by atoms with Crippen molar-refractivity contribution in [2.45, 2.75) is 27.1 Å². The standard InChI is InChI=1S/C27H27N7O3/c1-15-10-30-26(31-11-15)18-7-17-8-21(25(18)36-4)32-20-9-24(29-12-19(20)27(35)28-3)34-23-6-5-16(2)22(33-23)14-37-13-17/h5-12,32H,13-14H2,1-4H3,(H,28,35)(H,29,33,34)/i3D3. The normalized spacial score (nSPS) is 14.1. The number of nitrogens with zero attached hydrogens (tertiary/aromatic N) is 4. The molecule has 0 fully saturated rings. The van der Waals surface area contributed by atoms with Crippen LogP contribution in [-0.2, 0) is 18.0 Å². The van der Waals surface area contributed by atoms with Gasteiger partial charge in [-0.3, -0.25) is 4.79 Å². The van der Waals surface area contributed by atoms with Gasteiger partial charge in [-0.1, -0.05) is 6.07 Å². The number of pyridine rings is 2. The van der Waals surface area contributed by atoms with Crippen LogP contribution in [0.3, 0.4) is 0 Å². The Kier molecular flexibility index (Phi) is 5.68. The van der Waals surface area contributed by atoms with Gasteiger partial charge in [0.05, 0.1) is 48.5 Å². The van der Waals surface area contributed by atoms with E-state index in [1.807, 2.05) is 43.4 Å². The molecule has 6 bridgehead atoms. The summed E-state index contributed by atoms with van der Waals surface area (Å²) < 4.78 is 34.3. The summed E-state index contributed by atoms with van der Waals surface area (Å²) in [5, 5.41) is 8.42. The first-order chi connectivity index (χ1) is 19.1. The van der Waals surface area contributed by atoms with E-state index in [4.69, 9.17) is 13.6 Å². The van der Waals surface area contributed by atoms with Gasteiger partial charge < -0.3 is 25.4 Å². The lowest BCUT2D eigenvalue weighted by Gasteiger charge is -2.19. The molecule has 4 heterocycles. The summed E-state index contributed by atoms with van der Waals surface area (Å²) >= 11 is 0. The number of amides is 1. The number of aryl methyl sites for hydroxylation is 2. The summed E-state index contributed by atoms with van der Waals surface area (Å²) in [5.41, 5.74) is 4.82. The highest BCUT2D eigenvalue weighted by molar-refractivity contribution is 6.00. The van der Waals surface area contributed by atoms with Gasteiger partial charge in [-0.15, -0.1) is 0 Å². The molecule has 188 valence electrons. The van der Waals surface area contributed by atoms with E-state index in [1.165, 1.54) is 13.3 Å². The summed E-state index contributed by atoms with van der Waals surface area (Å²) in [6, 6.07) is 9.06. The van der Waals surface area contributed by atoms with E-state index in [0.717, 1.165) is 22.4 Å². The average molecular weight is 501 g/mol. The lowest BCUT2D eigenvalue weighted by atomic mass is 10.1. The van der Waals surface area contributed by atoms with Gasteiger partial charge in [0.1, 0.15) is 11.6 Å². The molecule has 0 atom stereocenters. The van der Waals surface area contributed by atoms with Crippen molar-refractivity contribution < 1.29 is 18.4 Å². The van der Waals surface area contributed by atoms with Crippen molar-refractivity contribution in [3.8, 4) is 17.1 Å². The second kappa shape index (κ2) is 10.2. The molecule has 37 heavy (non-hydrogen) atoms. The Balaban J connectivity index is 1.69. The number of benzene rings is 1. The van der Waals surface area contributed by atoms with E-state index in [0.29, 0.717) is 34.5 Å². The maximum atomic E-state index is 13.0. The predicted octanol–water partition coefficient (Wildman–Crippen LogP) is 4.44. The minimum absolute atomic E-state index is 0.0168. The molecule has 1 aliphatic heterocycles. The highest BCUT2D eigenvalue weighted by Gasteiger charge is 2.20. The second-order valence-electron chi connectivity index (χ2n) is 8.58.